The third-order valence-electron chi connectivity index (χ3n) is 5.28. The second-order valence-corrected chi connectivity index (χ2v) is 6.69. The first kappa shape index (κ1) is 20.2. The van der Waals surface area contributed by atoms with Crippen molar-refractivity contribution in [2.24, 2.45) is 17.1 Å². The first-order valence-corrected chi connectivity index (χ1v) is 7.62. The molecule has 1 saturated heterocycles. The van der Waals surface area contributed by atoms with Crippen molar-refractivity contribution in [3.63, 3.8) is 0 Å². The summed E-state index contributed by atoms with van der Waals surface area (Å²) in [4.78, 5) is 16.6. The summed E-state index contributed by atoms with van der Waals surface area (Å²) in [5.41, 5.74) is 5.38. The number of nitrogens with zero attached hydrogens (tertiary/aromatic N) is 2. The lowest BCUT2D eigenvalue weighted by atomic mass is 9.46. The Labute approximate surface area is 149 Å². The number of fused-ring (bicyclic) bond motifs is 1. The minimum absolute atomic E-state index is 0. The summed E-state index contributed by atoms with van der Waals surface area (Å²) >= 11 is 0. The Kier molecular flexibility index (Phi) is 6.49. The number of nitrogens with one attached hydrogen (secondary N) is 1. The van der Waals surface area contributed by atoms with Gasteiger partial charge in [0.2, 0.25) is 5.91 Å². The van der Waals surface area contributed by atoms with E-state index in [4.69, 9.17) is 10.5 Å². The molecule has 1 aromatic rings. The van der Waals surface area contributed by atoms with Crippen molar-refractivity contribution in [3.05, 3.63) is 18.7 Å². The molecule has 8 heteroatoms. The molecule has 1 aliphatic carbocycles. The highest BCUT2D eigenvalue weighted by molar-refractivity contribution is 5.89. The van der Waals surface area contributed by atoms with Crippen LogP contribution in [0, 0.1) is 11.3 Å². The molecule has 3 atom stereocenters. The molecule has 0 spiro atoms. The van der Waals surface area contributed by atoms with E-state index in [1.807, 2.05) is 24.6 Å². The minimum Gasteiger partial charge on any atom is -0.377 e. The molecule has 2 aliphatic rings. The number of aromatic nitrogens is 2. The van der Waals surface area contributed by atoms with Gasteiger partial charge in [-0.15, -0.1) is 24.8 Å². The highest BCUT2D eigenvalue weighted by Gasteiger charge is 2.70. The average Bonchev–Trinajstić information content (AvgIpc) is 2.99. The molecule has 1 saturated carbocycles. The lowest BCUT2D eigenvalue weighted by molar-refractivity contribution is -0.225. The van der Waals surface area contributed by atoms with Crippen molar-refractivity contribution in [2.45, 2.75) is 44.9 Å². The van der Waals surface area contributed by atoms with E-state index >= 15 is 0 Å². The number of hydrogen-bond acceptors (Lipinski definition) is 4. The van der Waals surface area contributed by atoms with Crippen molar-refractivity contribution in [1.82, 2.24) is 14.9 Å². The quantitative estimate of drug-likeness (QED) is 0.845. The van der Waals surface area contributed by atoms with Crippen LogP contribution in [0.2, 0.25) is 0 Å². The van der Waals surface area contributed by atoms with Gasteiger partial charge in [-0.2, -0.15) is 0 Å². The van der Waals surface area contributed by atoms with E-state index in [0.717, 1.165) is 19.4 Å². The van der Waals surface area contributed by atoms with Crippen LogP contribution in [0.5, 0.6) is 0 Å². The number of ether oxygens (including phenoxy) is 1. The molecule has 0 bridgehead atoms. The van der Waals surface area contributed by atoms with Gasteiger partial charge in [-0.1, -0.05) is 13.8 Å². The SMILES string of the molecule is CC1(C)C2OCCCC2C1(N)C(=O)NCCn1ccnc1.Cl.Cl. The molecule has 1 amide bonds. The summed E-state index contributed by atoms with van der Waals surface area (Å²) in [5, 5.41) is 2.98. The van der Waals surface area contributed by atoms with Gasteiger partial charge < -0.3 is 20.4 Å². The topological polar surface area (TPSA) is 82.2 Å². The number of carbonyl (C=O) groups excluding carboxylic acids is 1. The van der Waals surface area contributed by atoms with Gasteiger partial charge in [-0.25, -0.2) is 4.98 Å². The van der Waals surface area contributed by atoms with E-state index in [0.29, 0.717) is 13.1 Å². The Morgan fingerprint density at radius 1 is 1.48 bits per heavy atom. The molecule has 3 unspecified atom stereocenters. The van der Waals surface area contributed by atoms with E-state index in [9.17, 15) is 4.79 Å². The van der Waals surface area contributed by atoms with Crippen LogP contribution in [-0.4, -0.2) is 40.3 Å². The Bertz CT molecular complexity index is 524. The van der Waals surface area contributed by atoms with Gasteiger partial charge in [0, 0.05) is 43.4 Å². The first-order chi connectivity index (χ1) is 9.98. The highest BCUT2D eigenvalue weighted by atomic mass is 35.5. The molecule has 3 rings (SSSR count). The van der Waals surface area contributed by atoms with Crippen LogP contribution in [0.3, 0.4) is 0 Å². The number of halogens is 2. The van der Waals surface area contributed by atoms with Crippen LogP contribution in [0.15, 0.2) is 18.7 Å². The molecule has 132 valence electrons. The van der Waals surface area contributed by atoms with Crippen LogP contribution in [0.25, 0.3) is 0 Å². The largest absolute Gasteiger partial charge is 0.377 e. The summed E-state index contributed by atoms with van der Waals surface area (Å²) in [6.45, 7) is 6.11. The maximum atomic E-state index is 12.6. The molecule has 1 aliphatic heterocycles. The molecular weight excluding hydrogens is 339 g/mol. The molecule has 2 fully saturated rings. The number of imidazole rings is 1. The Morgan fingerprint density at radius 2 is 2.22 bits per heavy atom. The van der Waals surface area contributed by atoms with Gasteiger partial charge in [-0.05, 0) is 12.8 Å². The normalized spacial score (nSPS) is 30.9. The van der Waals surface area contributed by atoms with Crippen molar-refractivity contribution in [3.8, 4) is 0 Å². The predicted octanol–water partition coefficient (Wildman–Crippen LogP) is 1.38. The minimum atomic E-state index is -0.826. The number of carbonyl (C=O) groups is 1. The Morgan fingerprint density at radius 3 is 2.87 bits per heavy atom. The smallest absolute Gasteiger partial charge is 0.241 e. The monoisotopic (exact) mass is 364 g/mol. The fourth-order valence-corrected chi connectivity index (χ4v) is 3.90. The summed E-state index contributed by atoms with van der Waals surface area (Å²) in [7, 11) is 0. The zero-order chi connectivity index (χ0) is 15.1. The maximum Gasteiger partial charge on any atom is 0.241 e. The Balaban J connectivity index is 0.00000132. The first-order valence-electron chi connectivity index (χ1n) is 7.62. The van der Waals surface area contributed by atoms with E-state index in [1.54, 1.807) is 12.5 Å². The Hall–Kier alpha value is -0.820. The van der Waals surface area contributed by atoms with Crippen LogP contribution >= 0.6 is 24.8 Å². The maximum absolute atomic E-state index is 12.6. The molecule has 3 N–H and O–H groups in total. The van der Waals surface area contributed by atoms with Crippen LogP contribution in [0.4, 0.5) is 0 Å². The lowest BCUT2D eigenvalue weighted by Crippen LogP contribution is -2.82. The van der Waals surface area contributed by atoms with Crippen LogP contribution < -0.4 is 11.1 Å². The van der Waals surface area contributed by atoms with E-state index in [1.165, 1.54) is 0 Å². The van der Waals surface area contributed by atoms with Gasteiger partial charge in [0.25, 0.3) is 0 Å². The zero-order valence-corrected chi connectivity index (χ0v) is 15.2. The third kappa shape index (κ3) is 3.09. The standard InChI is InChI=1S/C15H24N4O2.2ClH/c1-14(2)12-11(4-3-9-21-12)15(14,16)13(20)18-6-8-19-7-5-17-10-19;;/h5,7,10-12H,3-4,6,8-9,16H2,1-2H3,(H,18,20);2*1H. The molecule has 1 aromatic heterocycles. The molecule has 6 nitrogen and oxygen atoms in total. The molecule has 23 heavy (non-hydrogen) atoms. The van der Waals surface area contributed by atoms with Gasteiger partial charge in [0.15, 0.2) is 0 Å². The fraction of sp³-hybridized carbons (Fsp3) is 0.733. The summed E-state index contributed by atoms with van der Waals surface area (Å²) in [6, 6.07) is 0. The van der Waals surface area contributed by atoms with Gasteiger partial charge >= 0.3 is 0 Å². The van der Waals surface area contributed by atoms with Gasteiger partial charge in [0.05, 0.1) is 12.4 Å². The molecular formula is C15H26Cl2N4O2. The van der Waals surface area contributed by atoms with Crippen molar-refractivity contribution < 1.29 is 9.53 Å². The third-order valence-corrected chi connectivity index (χ3v) is 5.28. The predicted molar refractivity (Wildman–Crippen MR) is 92.9 cm³/mol. The molecule has 0 aromatic carbocycles. The van der Waals surface area contributed by atoms with Crippen LogP contribution in [-0.2, 0) is 16.1 Å². The van der Waals surface area contributed by atoms with Crippen molar-refractivity contribution in [2.75, 3.05) is 13.2 Å². The van der Waals surface area contributed by atoms with E-state index in [2.05, 4.69) is 10.3 Å². The zero-order valence-electron chi connectivity index (χ0n) is 13.5. The number of nitrogens with two attached hydrogens (primary N) is 1. The summed E-state index contributed by atoms with van der Waals surface area (Å²) < 4.78 is 7.76. The molecule has 0 radical (unpaired) electrons. The highest BCUT2D eigenvalue weighted by Crippen LogP contribution is 2.57. The van der Waals surface area contributed by atoms with Gasteiger partial charge in [0.1, 0.15) is 5.54 Å². The number of amides is 1. The summed E-state index contributed by atoms with van der Waals surface area (Å²) in [6.07, 6.45) is 7.41. The lowest BCUT2D eigenvalue weighted by Gasteiger charge is -2.65. The van der Waals surface area contributed by atoms with E-state index in [-0.39, 0.29) is 48.2 Å². The summed E-state index contributed by atoms with van der Waals surface area (Å²) in [5.74, 6) is 0.0776. The van der Waals surface area contributed by atoms with Crippen molar-refractivity contribution >= 4 is 30.7 Å². The fourth-order valence-electron chi connectivity index (χ4n) is 3.90. The average molecular weight is 365 g/mol. The molecule has 2 heterocycles. The van der Waals surface area contributed by atoms with Crippen molar-refractivity contribution in [1.29, 1.82) is 0 Å². The second-order valence-electron chi connectivity index (χ2n) is 6.69. The second kappa shape index (κ2) is 7.38. The number of rotatable bonds is 4. The number of hydrogen-bond donors (Lipinski definition) is 2. The van der Waals surface area contributed by atoms with Crippen LogP contribution in [0.1, 0.15) is 26.7 Å². The van der Waals surface area contributed by atoms with E-state index < -0.39 is 5.54 Å². The van der Waals surface area contributed by atoms with Gasteiger partial charge in [-0.3, -0.25) is 4.79 Å².